The quantitative estimate of drug-likeness (QED) is 0.499. The molecule has 33 heavy (non-hydrogen) atoms. The molecule has 0 radical (unpaired) electrons. The predicted molar refractivity (Wildman–Crippen MR) is 129 cm³/mol. The minimum absolute atomic E-state index is 0.253. The van der Waals surface area contributed by atoms with Gasteiger partial charge in [-0.15, -0.1) is 0 Å². The number of anilines is 2. The zero-order chi connectivity index (χ0) is 23.5. The van der Waals surface area contributed by atoms with Crippen LogP contribution in [0.4, 0.5) is 11.6 Å². The SMILES string of the molecule is CCCCCCCn1c(=O)c2c(nc3n2CC(O)CN3c2ccc(OCC)cc2)n(C)c1=O. The molecule has 0 amide bonds. The van der Waals surface area contributed by atoms with Crippen LogP contribution < -0.4 is 20.9 Å². The highest BCUT2D eigenvalue weighted by atomic mass is 16.5. The van der Waals surface area contributed by atoms with Crippen LogP contribution in [0.5, 0.6) is 5.75 Å². The molecule has 3 heterocycles. The molecule has 2 aromatic heterocycles. The molecule has 9 heteroatoms. The van der Waals surface area contributed by atoms with Gasteiger partial charge in [-0.25, -0.2) is 4.79 Å². The number of ether oxygens (including phenoxy) is 1. The summed E-state index contributed by atoms with van der Waals surface area (Å²) in [6.07, 6.45) is 4.47. The lowest BCUT2D eigenvalue weighted by Gasteiger charge is -2.32. The lowest BCUT2D eigenvalue weighted by Crippen LogP contribution is -2.41. The smallest absolute Gasteiger partial charge is 0.332 e. The fourth-order valence-corrected chi connectivity index (χ4v) is 4.48. The van der Waals surface area contributed by atoms with Crippen molar-refractivity contribution < 1.29 is 9.84 Å². The molecule has 1 aromatic carbocycles. The van der Waals surface area contributed by atoms with Gasteiger partial charge >= 0.3 is 5.69 Å². The van der Waals surface area contributed by atoms with Gasteiger partial charge in [-0.3, -0.25) is 13.9 Å². The summed E-state index contributed by atoms with van der Waals surface area (Å²) in [5.74, 6) is 1.31. The number of benzene rings is 1. The molecule has 178 valence electrons. The standard InChI is InChI=1S/C24H33N5O4/c1-4-6-7-8-9-14-27-22(31)20-21(26(3)24(27)32)25-23-28(15-18(30)16-29(20)23)17-10-12-19(13-11-17)33-5-2/h10-13,18,30H,4-9,14-16H2,1-3H3. The van der Waals surface area contributed by atoms with Gasteiger partial charge in [-0.05, 0) is 37.6 Å². The number of rotatable bonds is 9. The van der Waals surface area contributed by atoms with Gasteiger partial charge in [0.05, 0.1) is 25.8 Å². The van der Waals surface area contributed by atoms with Crippen LogP contribution in [-0.4, -0.2) is 43.0 Å². The molecule has 1 unspecified atom stereocenters. The predicted octanol–water partition coefficient (Wildman–Crippen LogP) is 2.78. The number of aliphatic hydroxyl groups is 1. The summed E-state index contributed by atoms with van der Waals surface area (Å²) in [5, 5.41) is 10.6. The van der Waals surface area contributed by atoms with Gasteiger partial charge in [0.1, 0.15) is 5.75 Å². The minimum Gasteiger partial charge on any atom is -0.494 e. The van der Waals surface area contributed by atoms with Crippen LogP contribution in [0.15, 0.2) is 33.9 Å². The van der Waals surface area contributed by atoms with Gasteiger partial charge in [0.2, 0.25) is 5.95 Å². The van der Waals surface area contributed by atoms with E-state index in [2.05, 4.69) is 11.9 Å². The van der Waals surface area contributed by atoms with E-state index in [0.29, 0.717) is 36.8 Å². The summed E-state index contributed by atoms with van der Waals surface area (Å²) in [5.41, 5.74) is 0.826. The van der Waals surface area contributed by atoms with Crippen molar-refractivity contribution in [3.63, 3.8) is 0 Å². The van der Waals surface area contributed by atoms with E-state index in [-0.39, 0.29) is 17.8 Å². The molecule has 4 rings (SSSR count). The number of β-amino-alcohol motifs (C(OH)–C–C–N with tert-alkyl or cyclic N) is 1. The first kappa shape index (κ1) is 23.1. The van der Waals surface area contributed by atoms with E-state index >= 15 is 0 Å². The van der Waals surface area contributed by atoms with E-state index in [1.54, 1.807) is 11.6 Å². The maximum Gasteiger partial charge on any atom is 0.332 e. The van der Waals surface area contributed by atoms with Crippen molar-refractivity contribution in [3.05, 3.63) is 45.1 Å². The Morgan fingerprint density at radius 3 is 2.48 bits per heavy atom. The zero-order valence-corrected chi connectivity index (χ0v) is 19.7. The molecule has 0 aliphatic carbocycles. The lowest BCUT2D eigenvalue weighted by molar-refractivity contribution is 0.154. The van der Waals surface area contributed by atoms with Gasteiger partial charge in [0.15, 0.2) is 11.2 Å². The summed E-state index contributed by atoms with van der Waals surface area (Å²) >= 11 is 0. The monoisotopic (exact) mass is 455 g/mol. The third kappa shape index (κ3) is 4.42. The Morgan fingerprint density at radius 1 is 1.06 bits per heavy atom. The Morgan fingerprint density at radius 2 is 1.79 bits per heavy atom. The van der Waals surface area contributed by atoms with Crippen LogP contribution >= 0.6 is 0 Å². The number of aliphatic hydroxyl groups excluding tert-OH is 1. The van der Waals surface area contributed by atoms with E-state index in [0.717, 1.165) is 43.5 Å². The van der Waals surface area contributed by atoms with Crippen LogP contribution in [0, 0.1) is 0 Å². The van der Waals surface area contributed by atoms with E-state index in [1.807, 2.05) is 36.1 Å². The largest absolute Gasteiger partial charge is 0.494 e. The van der Waals surface area contributed by atoms with Gasteiger partial charge < -0.3 is 19.3 Å². The van der Waals surface area contributed by atoms with Crippen LogP contribution in [-0.2, 0) is 20.1 Å². The van der Waals surface area contributed by atoms with Gasteiger partial charge in [0.25, 0.3) is 5.56 Å². The Bertz CT molecular complexity index is 1220. The van der Waals surface area contributed by atoms with Crippen molar-refractivity contribution in [1.82, 2.24) is 18.7 Å². The average molecular weight is 456 g/mol. The summed E-state index contributed by atoms with van der Waals surface area (Å²) in [6, 6.07) is 7.54. The molecule has 1 aliphatic heterocycles. The third-order valence-corrected chi connectivity index (χ3v) is 6.19. The van der Waals surface area contributed by atoms with E-state index in [9.17, 15) is 14.7 Å². The van der Waals surface area contributed by atoms with Gasteiger partial charge in [-0.2, -0.15) is 4.98 Å². The molecule has 9 nitrogen and oxygen atoms in total. The molecule has 3 aromatic rings. The Balaban J connectivity index is 1.75. The molecule has 0 saturated carbocycles. The van der Waals surface area contributed by atoms with Gasteiger partial charge in [-0.1, -0.05) is 32.6 Å². The topological polar surface area (TPSA) is 94.5 Å². The molecular formula is C24H33N5O4. The summed E-state index contributed by atoms with van der Waals surface area (Å²) < 4.78 is 10.0. The lowest BCUT2D eigenvalue weighted by atomic mass is 10.1. The molecule has 0 fully saturated rings. The van der Waals surface area contributed by atoms with Crippen molar-refractivity contribution >= 4 is 22.8 Å². The average Bonchev–Trinajstić information content (AvgIpc) is 3.19. The van der Waals surface area contributed by atoms with Crippen LogP contribution in [0.3, 0.4) is 0 Å². The number of unbranched alkanes of at least 4 members (excludes halogenated alkanes) is 4. The molecule has 1 N–H and O–H groups in total. The molecule has 1 aliphatic rings. The molecule has 0 saturated heterocycles. The van der Waals surface area contributed by atoms with E-state index in [4.69, 9.17) is 4.74 Å². The fourth-order valence-electron chi connectivity index (χ4n) is 4.48. The zero-order valence-electron chi connectivity index (χ0n) is 19.7. The Hall–Kier alpha value is -3.07. The number of fused-ring (bicyclic) bond motifs is 3. The third-order valence-electron chi connectivity index (χ3n) is 6.19. The summed E-state index contributed by atoms with van der Waals surface area (Å²) in [4.78, 5) is 32.9. The molecule has 1 atom stereocenters. The maximum atomic E-state index is 13.4. The van der Waals surface area contributed by atoms with Crippen molar-refractivity contribution in [2.45, 2.75) is 65.1 Å². The van der Waals surface area contributed by atoms with Crippen LogP contribution in [0.1, 0.15) is 46.0 Å². The highest BCUT2D eigenvalue weighted by Gasteiger charge is 2.30. The Kier molecular flexibility index (Phi) is 6.88. The van der Waals surface area contributed by atoms with E-state index < -0.39 is 6.10 Å². The Labute approximate surface area is 192 Å². The molecular weight excluding hydrogens is 422 g/mol. The number of aromatic nitrogens is 4. The normalized spacial score (nSPS) is 15.8. The highest BCUT2D eigenvalue weighted by Crippen LogP contribution is 2.32. The number of nitrogens with zero attached hydrogens (tertiary/aromatic N) is 5. The maximum absolute atomic E-state index is 13.4. The first-order valence-corrected chi connectivity index (χ1v) is 11.8. The van der Waals surface area contributed by atoms with Crippen molar-refractivity contribution in [2.24, 2.45) is 7.05 Å². The van der Waals surface area contributed by atoms with Crippen LogP contribution in [0.25, 0.3) is 11.2 Å². The number of imidazole rings is 1. The fraction of sp³-hybridized carbons (Fsp3) is 0.542. The second kappa shape index (κ2) is 9.82. The summed E-state index contributed by atoms with van der Waals surface area (Å²) in [6.45, 7) is 5.65. The minimum atomic E-state index is -0.680. The first-order valence-electron chi connectivity index (χ1n) is 11.8. The molecule has 0 spiro atoms. The van der Waals surface area contributed by atoms with Gasteiger partial charge in [0, 0.05) is 19.3 Å². The number of hydrogen-bond donors (Lipinski definition) is 1. The highest BCUT2D eigenvalue weighted by molar-refractivity contribution is 5.77. The first-order chi connectivity index (χ1) is 16.0. The van der Waals surface area contributed by atoms with E-state index in [1.165, 1.54) is 9.13 Å². The second-order valence-electron chi connectivity index (χ2n) is 8.60. The van der Waals surface area contributed by atoms with Crippen molar-refractivity contribution in [1.29, 1.82) is 0 Å². The summed E-state index contributed by atoms with van der Waals surface area (Å²) in [7, 11) is 1.65. The second-order valence-corrected chi connectivity index (χ2v) is 8.60. The molecule has 0 bridgehead atoms. The van der Waals surface area contributed by atoms with Crippen LogP contribution in [0.2, 0.25) is 0 Å². The number of aryl methyl sites for hydroxylation is 1. The van der Waals surface area contributed by atoms with Crippen molar-refractivity contribution in [3.8, 4) is 5.75 Å². The van der Waals surface area contributed by atoms with Crippen molar-refractivity contribution in [2.75, 3.05) is 18.1 Å². The number of hydrogen-bond acceptors (Lipinski definition) is 6.